The van der Waals surface area contributed by atoms with Gasteiger partial charge < -0.3 is 15.5 Å². The van der Waals surface area contributed by atoms with Gasteiger partial charge in [-0.3, -0.25) is 14.9 Å². The molecule has 3 N–H and O–H groups in total. The Labute approximate surface area is 160 Å². The second-order valence-corrected chi connectivity index (χ2v) is 8.32. The molecule has 4 aliphatic rings. The van der Waals surface area contributed by atoms with Crippen molar-refractivity contribution in [3.8, 4) is 0 Å². The molecule has 0 aromatic heterocycles. The summed E-state index contributed by atoms with van der Waals surface area (Å²) < 4.78 is 0. The first kappa shape index (κ1) is 19.4. The summed E-state index contributed by atoms with van der Waals surface area (Å²) in [5.74, 6) is 0.709. The van der Waals surface area contributed by atoms with Crippen LogP contribution in [0.4, 0.5) is 4.79 Å². The van der Waals surface area contributed by atoms with Crippen molar-refractivity contribution >= 4 is 30.3 Å². The average molecular weight is 385 g/mol. The zero-order chi connectivity index (χ0) is 17.6. The van der Waals surface area contributed by atoms with Crippen molar-refractivity contribution in [1.29, 1.82) is 0 Å². The SMILES string of the molecule is CC1(C2CCN(C(=O)C3CC4CCCCC4N3)CC2)NC(=O)NC1=O.Cl. The monoisotopic (exact) mass is 384 g/mol. The highest BCUT2D eigenvalue weighted by Gasteiger charge is 2.49. The van der Waals surface area contributed by atoms with E-state index in [1.54, 1.807) is 6.92 Å². The third-order valence-corrected chi connectivity index (χ3v) is 6.86. The number of likely N-dealkylation sites (tertiary alicyclic amines) is 1. The summed E-state index contributed by atoms with van der Waals surface area (Å²) in [5, 5.41) is 8.66. The van der Waals surface area contributed by atoms with Crippen molar-refractivity contribution in [3.63, 3.8) is 0 Å². The van der Waals surface area contributed by atoms with Crippen molar-refractivity contribution < 1.29 is 14.4 Å². The molecule has 0 aromatic rings. The summed E-state index contributed by atoms with van der Waals surface area (Å²) in [6.07, 6.45) is 7.47. The van der Waals surface area contributed by atoms with Crippen molar-refractivity contribution in [2.24, 2.45) is 11.8 Å². The number of rotatable bonds is 2. The van der Waals surface area contributed by atoms with Gasteiger partial charge in [-0.1, -0.05) is 12.8 Å². The van der Waals surface area contributed by atoms with E-state index in [-0.39, 0.29) is 36.2 Å². The van der Waals surface area contributed by atoms with E-state index in [0.29, 0.717) is 25.0 Å². The number of halogens is 1. The van der Waals surface area contributed by atoms with Crippen molar-refractivity contribution in [2.45, 2.75) is 69.5 Å². The zero-order valence-corrected chi connectivity index (χ0v) is 16.1. The highest BCUT2D eigenvalue weighted by molar-refractivity contribution is 6.07. The van der Waals surface area contributed by atoms with Crippen LogP contribution in [-0.4, -0.2) is 53.5 Å². The van der Waals surface area contributed by atoms with Gasteiger partial charge in [0.25, 0.3) is 5.91 Å². The highest BCUT2D eigenvalue weighted by atomic mass is 35.5. The van der Waals surface area contributed by atoms with Gasteiger partial charge in [-0.15, -0.1) is 12.4 Å². The Hall–Kier alpha value is -1.34. The van der Waals surface area contributed by atoms with Crippen LogP contribution in [0, 0.1) is 11.8 Å². The second kappa shape index (κ2) is 7.35. The fraction of sp³-hybridized carbons (Fsp3) is 0.833. The van der Waals surface area contributed by atoms with Gasteiger partial charge in [0.1, 0.15) is 5.54 Å². The largest absolute Gasteiger partial charge is 0.341 e. The molecule has 1 aliphatic carbocycles. The Kier molecular flexibility index (Phi) is 5.49. The Morgan fingerprint density at radius 2 is 1.81 bits per heavy atom. The van der Waals surface area contributed by atoms with Crippen molar-refractivity contribution in [3.05, 3.63) is 0 Å². The Bertz CT molecular complexity index is 579. The van der Waals surface area contributed by atoms with Gasteiger partial charge in [0.15, 0.2) is 0 Å². The number of carbonyl (C=O) groups excluding carboxylic acids is 3. The smallest absolute Gasteiger partial charge is 0.322 e. The van der Waals surface area contributed by atoms with Crippen LogP contribution < -0.4 is 16.0 Å². The molecule has 3 heterocycles. The van der Waals surface area contributed by atoms with Crippen LogP contribution >= 0.6 is 12.4 Å². The Balaban J connectivity index is 0.00000196. The van der Waals surface area contributed by atoms with Crippen LogP contribution in [0.2, 0.25) is 0 Å². The van der Waals surface area contributed by atoms with E-state index in [2.05, 4.69) is 16.0 Å². The fourth-order valence-electron chi connectivity index (χ4n) is 5.25. The van der Waals surface area contributed by atoms with Crippen LogP contribution in [-0.2, 0) is 9.59 Å². The van der Waals surface area contributed by atoms with Crippen molar-refractivity contribution in [2.75, 3.05) is 13.1 Å². The van der Waals surface area contributed by atoms with E-state index in [1.807, 2.05) is 4.90 Å². The standard InChI is InChI=1S/C18H28N4O3.ClH/c1-18(16(24)20-17(25)21-18)12-6-8-22(9-7-12)15(23)14-10-11-4-2-3-5-13(11)19-14;/h11-14,19H,2-10H2,1H3,(H2,20,21,24,25);1H. The van der Waals surface area contributed by atoms with Crippen LogP contribution in [0.15, 0.2) is 0 Å². The third-order valence-electron chi connectivity index (χ3n) is 6.86. The molecule has 8 heteroatoms. The summed E-state index contributed by atoms with van der Waals surface area (Å²) in [6, 6.07) is 0.0787. The first-order chi connectivity index (χ1) is 12.0. The number of fused-ring (bicyclic) bond motifs is 1. The summed E-state index contributed by atoms with van der Waals surface area (Å²) in [4.78, 5) is 38.4. The lowest BCUT2D eigenvalue weighted by molar-refractivity contribution is -0.135. The maximum atomic E-state index is 12.9. The van der Waals surface area contributed by atoms with Gasteiger partial charge in [0.2, 0.25) is 5.91 Å². The number of nitrogens with one attached hydrogen (secondary N) is 3. The second-order valence-electron chi connectivity index (χ2n) is 8.32. The van der Waals surface area contributed by atoms with E-state index in [1.165, 1.54) is 25.7 Å². The Morgan fingerprint density at radius 3 is 2.42 bits per heavy atom. The van der Waals surface area contributed by atoms with E-state index in [9.17, 15) is 14.4 Å². The molecule has 4 fully saturated rings. The number of urea groups is 1. The zero-order valence-electron chi connectivity index (χ0n) is 15.3. The van der Waals surface area contributed by atoms with Crippen LogP contribution in [0.3, 0.4) is 0 Å². The van der Waals surface area contributed by atoms with Gasteiger partial charge in [0, 0.05) is 19.1 Å². The van der Waals surface area contributed by atoms with Crippen LogP contribution in [0.1, 0.15) is 51.9 Å². The molecule has 26 heavy (non-hydrogen) atoms. The van der Waals surface area contributed by atoms with Crippen LogP contribution in [0.5, 0.6) is 0 Å². The summed E-state index contributed by atoms with van der Waals surface area (Å²) in [6.45, 7) is 3.12. The average Bonchev–Trinajstić information content (AvgIpc) is 3.15. The van der Waals surface area contributed by atoms with Gasteiger partial charge in [-0.2, -0.15) is 0 Å². The van der Waals surface area contributed by atoms with E-state index in [0.717, 1.165) is 19.3 Å². The third kappa shape index (κ3) is 3.31. The molecule has 4 unspecified atom stereocenters. The molecular weight excluding hydrogens is 356 g/mol. The quantitative estimate of drug-likeness (QED) is 0.623. The molecule has 4 rings (SSSR count). The summed E-state index contributed by atoms with van der Waals surface area (Å²) >= 11 is 0. The van der Waals surface area contributed by atoms with E-state index < -0.39 is 11.6 Å². The fourth-order valence-corrected chi connectivity index (χ4v) is 5.25. The molecule has 4 amide bonds. The molecule has 7 nitrogen and oxygen atoms in total. The van der Waals surface area contributed by atoms with E-state index in [4.69, 9.17) is 0 Å². The maximum Gasteiger partial charge on any atom is 0.322 e. The topological polar surface area (TPSA) is 90.5 Å². The first-order valence-corrected chi connectivity index (χ1v) is 9.66. The molecule has 0 spiro atoms. The van der Waals surface area contributed by atoms with Crippen LogP contribution in [0.25, 0.3) is 0 Å². The minimum atomic E-state index is -0.841. The van der Waals surface area contributed by atoms with Gasteiger partial charge in [-0.05, 0) is 50.9 Å². The minimum Gasteiger partial charge on any atom is -0.341 e. The number of nitrogens with zero attached hydrogens (tertiary/aromatic N) is 1. The number of piperidine rings is 1. The molecule has 0 bridgehead atoms. The van der Waals surface area contributed by atoms with Gasteiger partial charge >= 0.3 is 6.03 Å². The molecule has 3 saturated heterocycles. The number of hydrogen-bond acceptors (Lipinski definition) is 4. The molecular formula is C18H29ClN4O3. The lowest BCUT2D eigenvalue weighted by Gasteiger charge is -2.39. The molecule has 1 saturated carbocycles. The molecule has 4 atom stereocenters. The predicted octanol–water partition coefficient (Wildman–Crippen LogP) is 1.17. The van der Waals surface area contributed by atoms with Gasteiger partial charge in [0.05, 0.1) is 6.04 Å². The summed E-state index contributed by atoms with van der Waals surface area (Å²) in [5.41, 5.74) is -0.841. The Morgan fingerprint density at radius 1 is 1.12 bits per heavy atom. The first-order valence-electron chi connectivity index (χ1n) is 9.66. The predicted molar refractivity (Wildman–Crippen MR) is 98.9 cm³/mol. The number of carbonyl (C=O) groups is 3. The lowest BCUT2D eigenvalue weighted by Crippen LogP contribution is -2.55. The lowest BCUT2D eigenvalue weighted by atomic mass is 9.79. The number of imide groups is 1. The molecule has 0 radical (unpaired) electrons. The summed E-state index contributed by atoms with van der Waals surface area (Å²) in [7, 11) is 0. The molecule has 146 valence electrons. The normalized spacial score (nSPS) is 37.6. The van der Waals surface area contributed by atoms with E-state index >= 15 is 0 Å². The van der Waals surface area contributed by atoms with Gasteiger partial charge in [-0.25, -0.2) is 4.79 Å². The maximum absolute atomic E-state index is 12.9. The number of hydrogen-bond donors (Lipinski definition) is 3. The number of amides is 4. The van der Waals surface area contributed by atoms with Crippen molar-refractivity contribution in [1.82, 2.24) is 20.9 Å². The molecule has 0 aromatic carbocycles. The molecule has 3 aliphatic heterocycles. The highest BCUT2D eigenvalue weighted by Crippen LogP contribution is 2.35. The minimum absolute atomic E-state index is 0.